The van der Waals surface area contributed by atoms with Gasteiger partial charge in [0, 0.05) is 17.2 Å². The van der Waals surface area contributed by atoms with Crippen molar-refractivity contribution in [3.63, 3.8) is 0 Å². The number of likely N-dealkylation sites (tertiary alicyclic amines) is 1. The van der Waals surface area contributed by atoms with Crippen molar-refractivity contribution in [3.8, 4) is 0 Å². The van der Waals surface area contributed by atoms with Crippen LogP contribution in [0.15, 0.2) is 54.6 Å². The Hall–Kier alpha value is -2.02. The molecule has 0 bridgehead atoms. The molecule has 1 atom stereocenters. The molecule has 0 amide bonds. The SMILES string of the molecule is C[C@@H](NS(=O)(=O)CCCN1CCCC1)c1cccc(C(=O)c2ccccc2)c1. The molecule has 0 radical (unpaired) electrons. The average Bonchev–Trinajstić information content (AvgIpc) is 3.21. The molecule has 1 aliphatic rings. The van der Waals surface area contributed by atoms with E-state index in [1.165, 1.54) is 12.8 Å². The summed E-state index contributed by atoms with van der Waals surface area (Å²) in [5.74, 6) is 0.0549. The van der Waals surface area contributed by atoms with Gasteiger partial charge >= 0.3 is 0 Å². The molecule has 1 fully saturated rings. The summed E-state index contributed by atoms with van der Waals surface area (Å²) in [6.07, 6.45) is 3.05. The van der Waals surface area contributed by atoms with Crippen LogP contribution in [0.2, 0.25) is 0 Å². The molecule has 2 aromatic carbocycles. The van der Waals surface area contributed by atoms with Crippen LogP contribution in [0.1, 0.15) is 53.7 Å². The summed E-state index contributed by atoms with van der Waals surface area (Å²) in [4.78, 5) is 14.9. The van der Waals surface area contributed by atoms with Gasteiger partial charge in [0.25, 0.3) is 0 Å². The van der Waals surface area contributed by atoms with Gasteiger partial charge in [-0.1, -0.05) is 48.5 Å². The molecule has 6 heteroatoms. The van der Waals surface area contributed by atoms with E-state index in [2.05, 4.69) is 9.62 Å². The third kappa shape index (κ3) is 5.74. The lowest BCUT2D eigenvalue weighted by atomic mass is 9.99. The minimum Gasteiger partial charge on any atom is -0.303 e. The Balaban J connectivity index is 1.60. The van der Waals surface area contributed by atoms with Crippen molar-refractivity contribution in [2.45, 2.75) is 32.2 Å². The minimum absolute atomic E-state index is 0.0666. The average molecular weight is 401 g/mol. The highest BCUT2D eigenvalue weighted by atomic mass is 32.2. The Bertz CT molecular complexity index is 891. The van der Waals surface area contributed by atoms with Gasteiger partial charge in [0.05, 0.1) is 5.75 Å². The van der Waals surface area contributed by atoms with E-state index in [9.17, 15) is 13.2 Å². The smallest absolute Gasteiger partial charge is 0.212 e. The number of nitrogens with one attached hydrogen (secondary N) is 1. The summed E-state index contributed by atoms with van der Waals surface area (Å²) < 4.78 is 27.6. The molecular formula is C22H28N2O3S. The second-order valence-corrected chi connectivity index (χ2v) is 9.25. The van der Waals surface area contributed by atoms with Gasteiger partial charge in [-0.05, 0) is 57.5 Å². The molecule has 0 aromatic heterocycles. The van der Waals surface area contributed by atoms with Crippen LogP contribution in [0.3, 0.4) is 0 Å². The predicted octanol–water partition coefficient (Wildman–Crippen LogP) is 3.38. The highest BCUT2D eigenvalue weighted by molar-refractivity contribution is 7.89. The van der Waals surface area contributed by atoms with E-state index in [1.54, 1.807) is 30.3 Å². The number of ketones is 1. The fraction of sp³-hybridized carbons (Fsp3) is 0.409. The van der Waals surface area contributed by atoms with Crippen LogP contribution in [0, 0.1) is 0 Å². The summed E-state index contributed by atoms with van der Waals surface area (Å²) in [5, 5.41) is 0. The van der Waals surface area contributed by atoms with Crippen LogP contribution in [0.25, 0.3) is 0 Å². The first kappa shape index (κ1) is 20.7. The molecule has 5 nitrogen and oxygen atoms in total. The Labute approximate surface area is 167 Å². The van der Waals surface area contributed by atoms with E-state index in [0.717, 1.165) is 25.2 Å². The highest BCUT2D eigenvalue weighted by Gasteiger charge is 2.18. The van der Waals surface area contributed by atoms with Crippen molar-refractivity contribution >= 4 is 15.8 Å². The number of benzene rings is 2. The molecule has 150 valence electrons. The van der Waals surface area contributed by atoms with E-state index >= 15 is 0 Å². The molecule has 3 rings (SSSR count). The molecule has 1 aliphatic heterocycles. The lowest BCUT2D eigenvalue weighted by Crippen LogP contribution is -2.31. The normalized spacial score (nSPS) is 16.2. The molecule has 0 saturated carbocycles. The lowest BCUT2D eigenvalue weighted by Gasteiger charge is -2.17. The minimum atomic E-state index is -3.37. The Morgan fingerprint density at radius 3 is 2.43 bits per heavy atom. The number of hydrogen-bond acceptors (Lipinski definition) is 4. The molecule has 2 aromatic rings. The van der Waals surface area contributed by atoms with E-state index in [0.29, 0.717) is 17.5 Å². The summed E-state index contributed by atoms with van der Waals surface area (Å²) >= 11 is 0. The molecule has 1 heterocycles. The van der Waals surface area contributed by atoms with Gasteiger partial charge in [0.1, 0.15) is 0 Å². The molecule has 0 aliphatic carbocycles. The number of carbonyl (C=O) groups is 1. The van der Waals surface area contributed by atoms with Crippen LogP contribution in [-0.4, -0.2) is 44.5 Å². The van der Waals surface area contributed by atoms with Crippen molar-refractivity contribution in [1.82, 2.24) is 9.62 Å². The molecule has 1 N–H and O–H groups in total. The number of rotatable bonds is 9. The molecular weight excluding hydrogens is 372 g/mol. The number of hydrogen-bond donors (Lipinski definition) is 1. The first-order chi connectivity index (χ1) is 13.4. The van der Waals surface area contributed by atoms with Gasteiger partial charge < -0.3 is 4.90 Å². The van der Waals surface area contributed by atoms with E-state index < -0.39 is 10.0 Å². The monoisotopic (exact) mass is 400 g/mol. The van der Waals surface area contributed by atoms with Crippen molar-refractivity contribution in [3.05, 3.63) is 71.3 Å². The lowest BCUT2D eigenvalue weighted by molar-refractivity contribution is 0.103. The maximum absolute atomic E-state index is 12.6. The van der Waals surface area contributed by atoms with Crippen molar-refractivity contribution in [1.29, 1.82) is 0 Å². The first-order valence-electron chi connectivity index (χ1n) is 9.87. The zero-order valence-electron chi connectivity index (χ0n) is 16.3. The van der Waals surface area contributed by atoms with Crippen LogP contribution in [-0.2, 0) is 10.0 Å². The van der Waals surface area contributed by atoms with Crippen molar-refractivity contribution in [2.24, 2.45) is 0 Å². The second kappa shape index (κ2) is 9.45. The van der Waals surface area contributed by atoms with E-state index in [1.807, 2.05) is 31.2 Å². The Morgan fingerprint density at radius 1 is 1.04 bits per heavy atom. The van der Waals surface area contributed by atoms with E-state index in [4.69, 9.17) is 0 Å². The van der Waals surface area contributed by atoms with Crippen LogP contribution < -0.4 is 4.72 Å². The van der Waals surface area contributed by atoms with Crippen molar-refractivity contribution < 1.29 is 13.2 Å². The third-order valence-corrected chi connectivity index (χ3v) is 6.67. The second-order valence-electron chi connectivity index (χ2n) is 7.38. The Kier molecular flexibility index (Phi) is 6.99. The maximum Gasteiger partial charge on any atom is 0.212 e. The fourth-order valence-corrected chi connectivity index (χ4v) is 4.89. The summed E-state index contributed by atoms with van der Waals surface area (Å²) in [7, 11) is -3.37. The molecule has 0 unspecified atom stereocenters. The Morgan fingerprint density at radius 2 is 1.71 bits per heavy atom. The molecule has 28 heavy (non-hydrogen) atoms. The number of carbonyl (C=O) groups excluding carboxylic acids is 1. The molecule has 0 spiro atoms. The zero-order chi connectivity index (χ0) is 20.0. The standard InChI is InChI=1S/C22H28N2O3S/c1-18(23-28(26,27)16-8-15-24-13-5-6-14-24)20-11-7-12-21(17-20)22(25)19-9-3-2-4-10-19/h2-4,7,9-12,17-18,23H,5-6,8,13-16H2,1H3/t18-/m1/s1. The predicted molar refractivity (Wildman–Crippen MR) is 112 cm³/mol. The summed E-state index contributed by atoms with van der Waals surface area (Å²) in [6, 6.07) is 15.9. The summed E-state index contributed by atoms with van der Waals surface area (Å²) in [5.41, 5.74) is 1.96. The highest BCUT2D eigenvalue weighted by Crippen LogP contribution is 2.18. The zero-order valence-corrected chi connectivity index (χ0v) is 17.1. The quantitative estimate of drug-likeness (QED) is 0.655. The molecule has 1 saturated heterocycles. The van der Waals surface area contributed by atoms with Gasteiger partial charge in [0.2, 0.25) is 10.0 Å². The summed E-state index contributed by atoms with van der Waals surface area (Å²) in [6.45, 7) is 4.79. The van der Waals surface area contributed by atoms with E-state index in [-0.39, 0.29) is 17.6 Å². The van der Waals surface area contributed by atoms with Gasteiger partial charge in [0.15, 0.2) is 5.78 Å². The van der Waals surface area contributed by atoms with Gasteiger partial charge in [-0.15, -0.1) is 0 Å². The third-order valence-electron chi connectivity index (χ3n) is 5.13. The number of nitrogens with zero attached hydrogens (tertiary/aromatic N) is 1. The van der Waals surface area contributed by atoms with Crippen LogP contribution >= 0.6 is 0 Å². The number of sulfonamides is 1. The first-order valence-corrected chi connectivity index (χ1v) is 11.5. The van der Waals surface area contributed by atoms with Gasteiger partial charge in [-0.25, -0.2) is 13.1 Å². The topological polar surface area (TPSA) is 66.5 Å². The van der Waals surface area contributed by atoms with Crippen molar-refractivity contribution in [2.75, 3.05) is 25.4 Å². The maximum atomic E-state index is 12.6. The van der Waals surface area contributed by atoms with Gasteiger partial charge in [-0.3, -0.25) is 4.79 Å². The van der Waals surface area contributed by atoms with Crippen LogP contribution in [0.5, 0.6) is 0 Å². The van der Waals surface area contributed by atoms with Crippen LogP contribution in [0.4, 0.5) is 0 Å². The largest absolute Gasteiger partial charge is 0.303 e. The fourth-order valence-electron chi connectivity index (χ4n) is 3.59. The van der Waals surface area contributed by atoms with Gasteiger partial charge in [-0.2, -0.15) is 0 Å².